The Balaban J connectivity index is 2.04. The quantitative estimate of drug-likeness (QED) is 0.818. The fraction of sp³-hybridized carbons (Fsp3) is 0.333. The van der Waals surface area contributed by atoms with E-state index in [0.29, 0.717) is 12.8 Å². The van der Waals surface area contributed by atoms with Gasteiger partial charge in [0.2, 0.25) is 0 Å². The van der Waals surface area contributed by atoms with E-state index in [4.69, 9.17) is 0 Å². The minimum Gasteiger partial charge on any atom is -0.206 e. The van der Waals surface area contributed by atoms with Crippen LogP contribution in [0.15, 0.2) is 46.0 Å². The van der Waals surface area contributed by atoms with Crippen LogP contribution in [0, 0.1) is 0 Å². The van der Waals surface area contributed by atoms with Crippen molar-refractivity contribution in [1.29, 1.82) is 0 Å². The zero-order valence-corrected chi connectivity index (χ0v) is 13.6. The molecular weight excluding hydrogens is 347 g/mol. The maximum absolute atomic E-state index is 13.2. The average molecular weight is 361 g/mol. The fourth-order valence-corrected chi connectivity index (χ4v) is 5.70. The van der Waals surface area contributed by atoms with Crippen molar-refractivity contribution in [1.82, 2.24) is 4.31 Å². The van der Waals surface area contributed by atoms with Crippen molar-refractivity contribution < 1.29 is 21.6 Å². The number of thiophene rings is 1. The average Bonchev–Trinajstić information content (AvgIpc) is 3.18. The van der Waals surface area contributed by atoms with Crippen molar-refractivity contribution in [3.05, 3.63) is 52.9 Å². The van der Waals surface area contributed by atoms with E-state index in [9.17, 15) is 21.6 Å². The van der Waals surface area contributed by atoms with Crippen molar-refractivity contribution in [3.63, 3.8) is 0 Å². The highest BCUT2D eigenvalue weighted by Crippen LogP contribution is 2.42. The first kappa shape index (κ1) is 16.5. The number of alkyl halides is 3. The summed E-state index contributed by atoms with van der Waals surface area (Å²) in [6.45, 7) is 0.233. The summed E-state index contributed by atoms with van der Waals surface area (Å²) in [5.41, 5.74) is -0.740. The first-order valence-electron chi connectivity index (χ1n) is 7.03. The molecule has 0 bridgehead atoms. The molecule has 1 aromatic carbocycles. The molecule has 3 rings (SSSR count). The molecule has 0 saturated carbocycles. The molecule has 23 heavy (non-hydrogen) atoms. The molecule has 1 unspecified atom stereocenters. The van der Waals surface area contributed by atoms with Crippen LogP contribution in [0.2, 0.25) is 0 Å². The first-order chi connectivity index (χ1) is 10.8. The molecule has 0 aliphatic carbocycles. The summed E-state index contributed by atoms with van der Waals surface area (Å²) >= 11 is 1.07. The second kappa shape index (κ2) is 5.92. The number of halogens is 3. The zero-order valence-electron chi connectivity index (χ0n) is 12.0. The van der Waals surface area contributed by atoms with E-state index in [0.717, 1.165) is 17.4 Å². The number of hydrogen-bond donors (Lipinski definition) is 0. The molecule has 1 saturated heterocycles. The third kappa shape index (κ3) is 3.02. The predicted octanol–water partition coefficient (Wildman–Crippen LogP) is 4.29. The number of hydrogen-bond acceptors (Lipinski definition) is 3. The minimum atomic E-state index is -4.50. The lowest BCUT2D eigenvalue weighted by molar-refractivity contribution is -0.138. The van der Waals surface area contributed by atoms with Crippen LogP contribution in [-0.2, 0) is 16.2 Å². The van der Waals surface area contributed by atoms with Gasteiger partial charge in [-0.2, -0.15) is 17.5 Å². The van der Waals surface area contributed by atoms with Gasteiger partial charge in [0.25, 0.3) is 10.0 Å². The normalized spacial score (nSPS) is 20.0. The van der Waals surface area contributed by atoms with Gasteiger partial charge in [0.1, 0.15) is 4.21 Å². The lowest BCUT2D eigenvalue weighted by Crippen LogP contribution is -2.31. The van der Waals surface area contributed by atoms with Gasteiger partial charge < -0.3 is 0 Å². The molecule has 8 heteroatoms. The highest BCUT2D eigenvalue weighted by atomic mass is 32.2. The highest BCUT2D eigenvalue weighted by molar-refractivity contribution is 7.91. The third-order valence-electron chi connectivity index (χ3n) is 3.89. The number of nitrogens with zero attached hydrogens (tertiary/aromatic N) is 1. The Morgan fingerprint density at radius 3 is 2.52 bits per heavy atom. The summed E-state index contributed by atoms with van der Waals surface area (Å²) in [6, 6.07) is 7.52. The number of rotatable bonds is 3. The Kier molecular flexibility index (Phi) is 4.24. The van der Waals surface area contributed by atoms with Gasteiger partial charge in [-0.3, -0.25) is 0 Å². The molecule has 1 aliphatic heterocycles. The van der Waals surface area contributed by atoms with Gasteiger partial charge in [0, 0.05) is 6.54 Å². The largest absolute Gasteiger partial charge is 0.416 e. The lowest BCUT2D eigenvalue weighted by Gasteiger charge is -2.26. The SMILES string of the molecule is O=S(=O)(c1cccs1)N1CCCC1c1ccccc1C(F)(F)F. The fourth-order valence-electron chi connectivity index (χ4n) is 2.91. The highest BCUT2D eigenvalue weighted by Gasteiger charge is 2.41. The van der Waals surface area contributed by atoms with E-state index in [-0.39, 0.29) is 16.3 Å². The summed E-state index contributed by atoms with van der Waals surface area (Å²) in [5.74, 6) is 0. The van der Waals surface area contributed by atoms with Crippen LogP contribution in [-0.4, -0.2) is 19.3 Å². The molecule has 124 valence electrons. The van der Waals surface area contributed by atoms with E-state index in [1.54, 1.807) is 11.4 Å². The second-order valence-corrected chi connectivity index (χ2v) is 8.36. The number of sulfonamides is 1. The summed E-state index contributed by atoms with van der Waals surface area (Å²) in [7, 11) is -3.77. The summed E-state index contributed by atoms with van der Waals surface area (Å²) in [5, 5.41) is 1.64. The van der Waals surface area contributed by atoms with Crippen LogP contribution in [0.5, 0.6) is 0 Å². The molecule has 0 amide bonds. The molecule has 0 spiro atoms. The molecule has 1 fully saturated rings. The van der Waals surface area contributed by atoms with Crippen LogP contribution in [0.4, 0.5) is 13.2 Å². The van der Waals surface area contributed by atoms with E-state index >= 15 is 0 Å². The van der Waals surface area contributed by atoms with Gasteiger partial charge >= 0.3 is 6.18 Å². The molecule has 1 aliphatic rings. The van der Waals surface area contributed by atoms with E-state index in [1.807, 2.05) is 0 Å². The molecule has 2 heterocycles. The van der Waals surface area contributed by atoms with Gasteiger partial charge in [0.05, 0.1) is 11.6 Å². The van der Waals surface area contributed by atoms with E-state index < -0.39 is 27.8 Å². The van der Waals surface area contributed by atoms with E-state index in [2.05, 4.69) is 0 Å². The van der Waals surface area contributed by atoms with Crippen LogP contribution in [0.1, 0.15) is 30.0 Å². The molecule has 1 atom stereocenters. The van der Waals surface area contributed by atoms with Crippen molar-refractivity contribution in [2.24, 2.45) is 0 Å². The summed E-state index contributed by atoms with van der Waals surface area (Å²) in [6.07, 6.45) is -3.57. The Hall–Kier alpha value is -1.38. The van der Waals surface area contributed by atoms with Crippen LogP contribution >= 0.6 is 11.3 Å². The Morgan fingerprint density at radius 2 is 1.87 bits per heavy atom. The van der Waals surface area contributed by atoms with Crippen molar-refractivity contribution in [2.45, 2.75) is 29.3 Å². The Labute approximate surface area is 136 Å². The van der Waals surface area contributed by atoms with Crippen molar-refractivity contribution in [3.8, 4) is 0 Å². The van der Waals surface area contributed by atoms with E-state index in [1.165, 1.54) is 28.6 Å². The Morgan fingerprint density at radius 1 is 1.13 bits per heavy atom. The molecule has 3 nitrogen and oxygen atoms in total. The minimum absolute atomic E-state index is 0.0256. The van der Waals surface area contributed by atoms with Gasteiger partial charge in [-0.1, -0.05) is 24.3 Å². The molecule has 2 aromatic rings. The van der Waals surface area contributed by atoms with Crippen molar-refractivity contribution >= 4 is 21.4 Å². The molecule has 0 N–H and O–H groups in total. The molecule has 1 aromatic heterocycles. The monoisotopic (exact) mass is 361 g/mol. The van der Waals surface area contributed by atoms with Crippen LogP contribution in [0.25, 0.3) is 0 Å². The van der Waals surface area contributed by atoms with Crippen LogP contribution in [0.3, 0.4) is 0 Å². The molecule has 0 radical (unpaired) electrons. The second-order valence-electron chi connectivity index (χ2n) is 5.29. The third-order valence-corrected chi connectivity index (χ3v) is 7.17. The zero-order chi connectivity index (χ0) is 16.7. The van der Waals surface area contributed by atoms with Gasteiger partial charge in [-0.15, -0.1) is 11.3 Å². The smallest absolute Gasteiger partial charge is 0.206 e. The number of benzene rings is 1. The van der Waals surface area contributed by atoms with Crippen LogP contribution < -0.4 is 0 Å². The lowest BCUT2D eigenvalue weighted by atomic mass is 9.99. The summed E-state index contributed by atoms with van der Waals surface area (Å²) < 4.78 is 66.4. The topological polar surface area (TPSA) is 37.4 Å². The van der Waals surface area contributed by atoms with Gasteiger partial charge in [0.15, 0.2) is 0 Å². The van der Waals surface area contributed by atoms with Gasteiger partial charge in [-0.05, 0) is 35.9 Å². The molecular formula is C15H14F3NO2S2. The maximum Gasteiger partial charge on any atom is 0.416 e. The maximum atomic E-state index is 13.2. The van der Waals surface area contributed by atoms with Crippen molar-refractivity contribution in [2.75, 3.05) is 6.54 Å². The predicted molar refractivity (Wildman–Crippen MR) is 81.6 cm³/mol. The standard InChI is InChI=1S/C15H14F3NO2S2/c16-15(17,18)12-6-2-1-5-11(12)13-7-3-9-19(13)23(20,21)14-8-4-10-22-14/h1-2,4-6,8,10,13H,3,7,9H2. The summed E-state index contributed by atoms with van der Waals surface area (Å²) in [4.78, 5) is 0. The Bertz CT molecular complexity index is 785. The van der Waals surface area contributed by atoms with Gasteiger partial charge in [-0.25, -0.2) is 8.42 Å². The first-order valence-corrected chi connectivity index (χ1v) is 9.35.